The van der Waals surface area contributed by atoms with Crippen LogP contribution in [-0.4, -0.2) is 40.7 Å². The summed E-state index contributed by atoms with van der Waals surface area (Å²) in [5.41, 5.74) is 4.61. The Balaban J connectivity index is 1.22. The van der Waals surface area contributed by atoms with Gasteiger partial charge in [-0.1, -0.05) is 61.0 Å². The molecule has 8 heteroatoms. The van der Waals surface area contributed by atoms with Crippen molar-refractivity contribution < 1.29 is 24.2 Å². The number of carboxylic acid groups (broad SMARTS) is 1. The van der Waals surface area contributed by atoms with E-state index in [1.807, 2.05) is 36.4 Å². The average Bonchev–Trinajstić information content (AvgIpc) is 3.45. The van der Waals surface area contributed by atoms with Gasteiger partial charge < -0.3 is 15.2 Å². The van der Waals surface area contributed by atoms with Crippen LogP contribution >= 0.6 is 0 Å². The lowest BCUT2D eigenvalue weighted by molar-refractivity contribution is -0.142. The molecule has 5 rings (SSSR count). The summed E-state index contributed by atoms with van der Waals surface area (Å²) in [4.78, 5) is 40.7. The molecule has 0 unspecified atom stereocenters. The first-order valence-corrected chi connectivity index (χ1v) is 11.6. The quantitative estimate of drug-likeness (QED) is 0.490. The van der Waals surface area contributed by atoms with Crippen molar-refractivity contribution in [1.82, 2.24) is 10.3 Å². The fourth-order valence-corrected chi connectivity index (χ4v) is 5.04. The fourth-order valence-electron chi connectivity index (χ4n) is 5.04. The molecule has 2 atom stereocenters. The van der Waals surface area contributed by atoms with Crippen molar-refractivity contribution in [3.8, 4) is 11.1 Å². The highest BCUT2D eigenvalue weighted by molar-refractivity contribution is 5.94. The monoisotopic (exact) mass is 471 g/mol. The van der Waals surface area contributed by atoms with Crippen LogP contribution < -0.4 is 10.6 Å². The van der Waals surface area contributed by atoms with E-state index in [0.717, 1.165) is 28.7 Å². The minimum atomic E-state index is -0.911. The molecule has 0 spiro atoms. The van der Waals surface area contributed by atoms with E-state index in [1.54, 1.807) is 12.1 Å². The van der Waals surface area contributed by atoms with Crippen LogP contribution in [0.4, 0.5) is 10.6 Å². The minimum Gasteiger partial charge on any atom is -0.481 e. The predicted octanol–water partition coefficient (Wildman–Crippen LogP) is 4.43. The molecule has 3 aromatic rings. The standard InChI is InChI=1S/C27H25N3O5/c31-25(29-22-12-5-11-20(22)26(32)33)23-13-6-14-24(28-23)30-27(34)35-15-21-18-9-3-1-7-16(18)17-8-2-4-10-19(17)21/h1-4,6-10,13-14,20-22H,5,11-12,15H2,(H,29,31)(H,32,33)(H,28,30,34)/t20-,22+/m0/s1. The van der Waals surface area contributed by atoms with Crippen LogP contribution in [0.5, 0.6) is 0 Å². The molecule has 1 fully saturated rings. The third-order valence-corrected chi connectivity index (χ3v) is 6.71. The molecule has 0 radical (unpaired) electrons. The molecule has 2 amide bonds. The Morgan fingerprint density at radius 2 is 1.60 bits per heavy atom. The molecule has 1 saturated carbocycles. The molecule has 0 aliphatic heterocycles. The van der Waals surface area contributed by atoms with Crippen LogP contribution in [0.1, 0.15) is 46.8 Å². The molecule has 0 saturated heterocycles. The van der Waals surface area contributed by atoms with E-state index in [4.69, 9.17) is 4.74 Å². The summed E-state index contributed by atoms with van der Waals surface area (Å²) in [6.45, 7) is 0.165. The zero-order valence-corrected chi connectivity index (χ0v) is 18.9. The number of nitrogens with zero attached hydrogens (tertiary/aromatic N) is 1. The lowest BCUT2D eigenvalue weighted by Crippen LogP contribution is -2.40. The topological polar surface area (TPSA) is 118 Å². The van der Waals surface area contributed by atoms with Gasteiger partial charge in [0.1, 0.15) is 18.1 Å². The first-order chi connectivity index (χ1) is 17.0. The molecule has 2 aromatic carbocycles. The summed E-state index contributed by atoms with van der Waals surface area (Å²) in [5, 5.41) is 14.7. The smallest absolute Gasteiger partial charge is 0.412 e. The largest absolute Gasteiger partial charge is 0.481 e. The number of aliphatic carboxylic acids is 1. The fraction of sp³-hybridized carbons (Fsp3) is 0.259. The maximum atomic E-state index is 12.6. The third-order valence-electron chi connectivity index (χ3n) is 6.71. The number of benzene rings is 2. The Bertz CT molecular complexity index is 1250. The number of ether oxygens (including phenoxy) is 1. The number of anilines is 1. The summed E-state index contributed by atoms with van der Waals surface area (Å²) < 4.78 is 5.54. The zero-order chi connectivity index (χ0) is 24.4. The Labute approximate surface area is 202 Å². The molecular weight excluding hydrogens is 446 g/mol. The number of pyridine rings is 1. The van der Waals surface area contributed by atoms with Crippen molar-refractivity contribution in [2.24, 2.45) is 5.92 Å². The second kappa shape index (κ2) is 9.58. The number of carbonyl (C=O) groups is 3. The highest BCUT2D eigenvalue weighted by Crippen LogP contribution is 2.44. The molecule has 3 N–H and O–H groups in total. The number of hydrogen-bond acceptors (Lipinski definition) is 5. The van der Waals surface area contributed by atoms with Gasteiger partial charge in [0.25, 0.3) is 5.91 Å². The van der Waals surface area contributed by atoms with Gasteiger partial charge in [-0.3, -0.25) is 14.9 Å². The number of hydrogen-bond donors (Lipinski definition) is 3. The number of amides is 2. The Kier molecular flexibility index (Phi) is 6.18. The van der Waals surface area contributed by atoms with Crippen LogP contribution in [0, 0.1) is 5.92 Å². The first-order valence-electron chi connectivity index (χ1n) is 11.6. The Morgan fingerprint density at radius 3 is 2.29 bits per heavy atom. The minimum absolute atomic E-state index is 0.0631. The normalized spacial score (nSPS) is 18.4. The maximum Gasteiger partial charge on any atom is 0.412 e. The van der Waals surface area contributed by atoms with Crippen LogP contribution in [0.15, 0.2) is 66.7 Å². The highest BCUT2D eigenvalue weighted by atomic mass is 16.5. The molecular formula is C27H25N3O5. The van der Waals surface area contributed by atoms with Gasteiger partial charge in [-0.05, 0) is 47.2 Å². The van der Waals surface area contributed by atoms with Crippen LogP contribution in [-0.2, 0) is 9.53 Å². The van der Waals surface area contributed by atoms with Gasteiger partial charge >= 0.3 is 12.1 Å². The molecule has 0 bridgehead atoms. The van der Waals surface area contributed by atoms with E-state index in [0.29, 0.717) is 12.8 Å². The first kappa shape index (κ1) is 22.6. The lowest BCUT2D eigenvalue weighted by atomic mass is 9.98. The molecule has 1 heterocycles. The zero-order valence-electron chi connectivity index (χ0n) is 18.9. The van der Waals surface area contributed by atoms with Crippen molar-refractivity contribution in [1.29, 1.82) is 0 Å². The number of aromatic nitrogens is 1. The molecule has 8 nitrogen and oxygen atoms in total. The number of fused-ring (bicyclic) bond motifs is 3. The lowest BCUT2D eigenvalue weighted by Gasteiger charge is -2.17. The van der Waals surface area contributed by atoms with E-state index >= 15 is 0 Å². The van der Waals surface area contributed by atoms with Gasteiger partial charge in [-0.25, -0.2) is 9.78 Å². The summed E-state index contributed by atoms with van der Waals surface area (Å²) >= 11 is 0. The predicted molar refractivity (Wildman–Crippen MR) is 129 cm³/mol. The van der Waals surface area contributed by atoms with E-state index in [2.05, 4.69) is 27.8 Å². The second-order valence-corrected chi connectivity index (χ2v) is 8.81. The van der Waals surface area contributed by atoms with E-state index in [9.17, 15) is 19.5 Å². The Hall–Kier alpha value is -4.20. The van der Waals surface area contributed by atoms with Crippen LogP contribution in [0.2, 0.25) is 0 Å². The second-order valence-electron chi connectivity index (χ2n) is 8.81. The number of carbonyl (C=O) groups excluding carboxylic acids is 2. The maximum absolute atomic E-state index is 12.6. The number of carboxylic acids is 1. The molecule has 178 valence electrons. The summed E-state index contributed by atoms with van der Waals surface area (Å²) in [5.74, 6) is -1.87. The summed E-state index contributed by atoms with van der Waals surface area (Å²) in [6.07, 6.45) is 1.23. The van der Waals surface area contributed by atoms with Crippen molar-refractivity contribution in [2.75, 3.05) is 11.9 Å². The van der Waals surface area contributed by atoms with Gasteiger partial charge in [0.15, 0.2) is 0 Å². The van der Waals surface area contributed by atoms with E-state index < -0.39 is 29.9 Å². The van der Waals surface area contributed by atoms with Crippen molar-refractivity contribution in [2.45, 2.75) is 31.2 Å². The van der Waals surface area contributed by atoms with Gasteiger partial charge in [-0.15, -0.1) is 0 Å². The van der Waals surface area contributed by atoms with Gasteiger partial charge in [0, 0.05) is 12.0 Å². The Morgan fingerprint density at radius 1 is 0.914 bits per heavy atom. The van der Waals surface area contributed by atoms with Crippen LogP contribution in [0.25, 0.3) is 11.1 Å². The molecule has 1 aromatic heterocycles. The molecule has 35 heavy (non-hydrogen) atoms. The van der Waals surface area contributed by atoms with E-state index in [1.165, 1.54) is 6.07 Å². The number of nitrogens with one attached hydrogen (secondary N) is 2. The SMILES string of the molecule is O=C(Nc1cccc(C(=O)N[C@@H]2CCC[C@@H]2C(=O)O)n1)OCC1c2ccccc2-c2ccccc21. The molecule has 2 aliphatic rings. The number of rotatable bonds is 6. The van der Waals surface area contributed by atoms with Gasteiger partial charge in [0.05, 0.1) is 5.92 Å². The summed E-state index contributed by atoms with van der Waals surface area (Å²) in [7, 11) is 0. The van der Waals surface area contributed by atoms with Crippen molar-refractivity contribution in [3.63, 3.8) is 0 Å². The van der Waals surface area contributed by atoms with Crippen molar-refractivity contribution in [3.05, 3.63) is 83.6 Å². The highest BCUT2D eigenvalue weighted by Gasteiger charge is 2.34. The average molecular weight is 472 g/mol. The summed E-state index contributed by atoms with van der Waals surface area (Å²) in [6, 6.07) is 20.4. The van der Waals surface area contributed by atoms with Crippen LogP contribution in [0.3, 0.4) is 0 Å². The van der Waals surface area contributed by atoms with Gasteiger partial charge in [0.2, 0.25) is 0 Å². The van der Waals surface area contributed by atoms with Gasteiger partial charge in [-0.2, -0.15) is 0 Å². The molecule has 2 aliphatic carbocycles. The van der Waals surface area contributed by atoms with E-state index in [-0.39, 0.29) is 24.0 Å². The third kappa shape index (κ3) is 4.59. The van der Waals surface area contributed by atoms with Crippen molar-refractivity contribution >= 4 is 23.8 Å².